The fraction of sp³-hybridized carbons (Fsp3) is 0.0714. The highest BCUT2D eigenvalue weighted by atomic mass is 32.2. The minimum Gasteiger partial charge on any atom is -0.296 e. The van der Waals surface area contributed by atoms with E-state index in [2.05, 4.69) is 15.5 Å². The zero-order valence-corrected chi connectivity index (χ0v) is 13.9. The SMILES string of the molecule is O=C(Nc1nnc(SCc2cccs2)s1)c1cc(F)ccc1F. The lowest BCUT2D eigenvalue weighted by Gasteiger charge is -2.02. The van der Waals surface area contributed by atoms with Crippen molar-refractivity contribution in [2.45, 2.75) is 10.1 Å². The van der Waals surface area contributed by atoms with Crippen LogP contribution in [0.1, 0.15) is 15.2 Å². The highest BCUT2D eigenvalue weighted by molar-refractivity contribution is 8.00. The van der Waals surface area contributed by atoms with Gasteiger partial charge in [0.1, 0.15) is 11.6 Å². The third-order valence-corrected chi connectivity index (χ3v) is 5.80. The molecule has 0 aliphatic heterocycles. The molecule has 4 nitrogen and oxygen atoms in total. The summed E-state index contributed by atoms with van der Waals surface area (Å²) in [4.78, 5) is 13.2. The van der Waals surface area contributed by atoms with Crippen LogP contribution in [0.15, 0.2) is 40.1 Å². The molecule has 0 saturated carbocycles. The molecule has 2 aromatic heterocycles. The number of carbonyl (C=O) groups excluding carboxylic acids is 1. The summed E-state index contributed by atoms with van der Waals surface area (Å²) in [6, 6.07) is 6.70. The van der Waals surface area contributed by atoms with E-state index in [1.165, 1.54) is 28.0 Å². The number of nitrogens with one attached hydrogen (secondary N) is 1. The summed E-state index contributed by atoms with van der Waals surface area (Å²) in [7, 11) is 0. The fourth-order valence-electron chi connectivity index (χ4n) is 1.68. The average Bonchev–Trinajstić information content (AvgIpc) is 3.19. The van der Waals surface area contributed by atoms with Crippen LogP contribution >= 0.6 is 34.4 Å². The van der Waals surface area contributed by atoms with Crippen molar-refractivity contribution in [1.29, 1.82) is 0 Å². The van der Waals surface area contributed by atoms with Gasteiger partial charge in [0, 0.05) is 10.6 Å². The lowest BCUT2D eigenvalue weighted by molar-refractivity contribution is 0.102. The predicted molar refractivity (Wildman–Crippen MR) is 88.1 cm³/mol. The maximum absolute atomic E-state index is 13.5. The van der Waals surface area contributed by atoms with Crippen LogP contribution < -0.4 is 5.32 Å². The largest absolute Gasteiger partial charge is 0.296 e. The Bertz CT molecular complexity index is 821. The molecule has 0 unspecified atom stereocenters. The van der Waals surface area contributed by atoms with E-state index >= 15 is 0 Å². The highest BCUT2D eigenvalue weighted by Crippen LogP contribution is 2.29. The van der Waals surface area contributed by atoms with Gasteiger partial charge in [-0.25, -0.2) is 8.78 Å². The fourth-order valence-corrected chi connectivity index (χ4v) is 4.20. The highest BCUT2D eigenvalue weighted by Gasteiger charge is 2.15. The minimum atomic E-state index is -0.791. The van der Waals surface area contributed by atoms with Crippen molar-refractivity contribution in [3.8, 4) is 0 Å². The Labute approximate surface area is 142 Å². The third-order valence-electron chi connectivity index (χ3n) is 2.72. The van der Waals surface area contributed by atoms with Gasteiger partial charge in [-0.05, 0) is 29.6 Å². The van der Waals surface area contributed by atoms with Crippen LogP contribution in [0.25, 0.3) is 0 Å². The van der Waals surface area contributed by atoms with Crippen LogP contribution in [0.3, 0.4) is 0 Å². The lowest BCUT2D eigenvalue weighted by Crippen LogP contribution is -2.13. The number of thiophene rings is 1. The van der Waals surface area contributed by atoms with Gasteiger partial charge in [-0.15, -0.1) is 21.5 Å². The maximum atomic E-state index is 13.5. The van der Waals surface area contributed by atoms with Gasteiger partial charge < -0.3 is 0 Å². The van der Waals surface area contributed by atoms with E-state index in [9.17, 15) is 13.6 Å². The van der Waals surface area contributed by atoms with Gasteiger partial charge in [0.15, 0.2) is 4.34 Å². The predicted octanol–water partition coefficient (Wildman–Crippen LogP) is 4.42. The molecule has 0 aliphatic carbocycles. The van der Waals surface area contributed by atoms with Crippen molar-refractivity contribution in [1.82, 2.24) is 10.2 Å². The first-order chi connectivity index (χ1) is 11.1. The average molecular weight is 369 g/mol. The van der Waals surface area contributed by atoms with Crippen molar-refractivity contribution in [2.75, 3.05) is 5.32 Å². The van der Waals surface area contributed by atoms with Gasteiger partial charge in [-0.1, -0.05) is 29.2 Å². The first-order valence-electron chi connectivity index (χ1n) is 6.37. The van der Waals surface area contributed by atoms with E-state index in [1.54, 1.807) is 11.3 Å². The van der Waals surface area contributed by atoms with Gasteiger partial charge in [0.2, 0.25) is 5.13 Å². The molecular formula is C14H9F2N3OS3. The van der Waals surface area contributed by atoms with E-state index in [1.807, 2.05) is 17.5 Å². The molecule has 118 valence electrons. The number of rotatable bonds is 5. The Morgan fingerprint density at radius 1 is 1.26 bits per heavy atom. The second kappa shape index (κ2) is 7.16. The van der Waals surface area contributed by atoms with E-state index in [0.29, 0.717) is 4.34 Å². The number of carbonyl (C=O) groups is 1. The van der Waals surface area contributed by atoms with Crippen LogP contribution in [0.5, 0.6) is 0 Å². The summed E-state index contributed by atoms with van der Waals surface area (Å²) < 4.78 is 27.3. The molecule has 0 fully saturated rings. The number of hydrogen-bond acceptors (Lipinski definition) is 6. The van der Waals surface area contributed by atoms with Crippen LogP contribution in [-0.4, -0.2) is 16.1 Å². The van der Waals surface area contributed by atoms with Crippen LogP contribution in [-0.2, 0) is 5.75 Å². The smallest absolute Gasteiger partial charge is 0.260 e. The van der Waals surface area contributed by atoms with Crippen molar-refractivity contribution < 1.29 is 13.6 Å². The Morgan fingerprint density at radius 2 is 2.13 bits per heavy atom. The number of hydrogen-bond donors (Lipinski definition) is 1. The van der Waals surface area contributed by atoms with Gasteiger partial charge in [-0.2, -0.15) is 0 Å². The Kier molecular flexibility index (Phi) is 4.99. The minimum absolute atomic E-state index is 0.243. The molecule has 0 saturated heterocycles. The van der Waals surface area contributed by atoms with E-state index in [4.69, 9.17) is 0 Å². The van der Waals surface area contributed by atoms with Crippen LogP contribution in [0.2, 0.25) is 0 Å². The van der Waals surface area contributed by atoms with Gasteiger partial charge in [0.25, 0.3) is 5.91 Å². The molecule has 3 rings (SSSR count). The normalized spacial score (nSPS) is 10.7. The molecule has 2 heterocycles. The van der Waals surface area contributed by atoms with Gasteiger partial charge in [0.05, 0.1) is 5.56 Å². The quantitative estimate of drug-likeness (QED) is 0.534. The second-order valence-electron chi connectivity index (χ2n) is 4.32. The van der Waals surface area contributed by atoms with Gasteiger partial charge >= 0.3 is 0 Å². The van der Waals surface area contributed by atoms with Crippen molar-refractivity contribution in [2.24, 2.45) is 0 Å². The first kappa shape index (κ1) is 16.0. The Morgan fingerprint density at radius 3 is 2.91 bits per heavy atom. The number of anilines is 1. The number of halogens is 2. The molecule has 0 atom stereocenters. The zero-order valence-electron chi connectivity index (χ0n) is 11.5. The van der Waals surface area contributed by atoms with E-state index < -0.39 is 17.5 Å². The summed E-state index contributed by atoms with van der Waals surface area (Å²) >= 11 is 4.33. The summed E-state index contributed by atoms with van der Waals surface area (Å²) in [5.74, 6) is -1.46. The standard InChI is InChI=1S/C14H9F2N3OS3/c15-8-3-4-11(16)10(6-8)12(20)17-13-18-19-14(23-13)22-7-9-2-1-5-21-9/h1-6H,7H2,(H,17,18,20). The maximum Gasteiger partial charge on any atom is 0.260 e. The van der Waals surface area contributed by atoms with E-state index in [-0.39, 0.29) is 10.7 Å². The van der Waals surface area contributed by atoms with E-state index in [0.717, 1.165) is 24.0 Å². The third kappa shape index (κ3) is 4.12. The molecule has 1 aromatic carbocycles. The summed E-state index contributed by atoms with van der Waals surface area (Å²) in [5, 5.41) is 12.5. The monoisotopic (exact) mass is 369 g/mol. The zero-order chi connectivity index (χ0) is 16.2. The second-order valence-corrected chi connectivity index (χ2v) is 7.55. The van der Waals surface area contributed by atoms with Crippen molar-refractivity contribution >= 4 is 45.5 Å². The molecule has 0 aliphatic rings. The summed E-state index contributed by atoms with van der Waals surface area (Å²) in [6.45, 7) is 0. The number of benzene rings is 1. The molecule has 23 heavy (non-hydrogen) atoms. The number of amides is 1. The Balaban J connectivity index is 1.64. The topological polar surface area (TPSA) is 54.9 Å². The molecule has 0 radical (unpaired) electrons. The molecule has 3 aromatic rings. The summed E-state index contributed by atoms with van der Waals surface area (Å²) in [6.07, 6.45) is 0. The van der Waals surface area contributed by atoms with Gasteiger partial charge in [-0.3, -0.25) is 10.1 Å². The van der Waals surface area contributed by atoms with Crippen LogP contribution in [0.4, 0.5) is 13.9 Å². The molecule has 1 N–H and O–H groups in total. The summed E-state index contributed by atoms with van der Waals surface area (Å²) in [5.41, 5.74) is -0.368. The lowest BCUT2D eigenvalue weighted by atomic mass is 10.2. The Hall–Kier alpha value is -1.84. The molecular weight excluding hydrogens is 360 g/mol. The van der Waals surface area contributed by atoms with Crippen molar-refractivity contribution in [3.05, 3.63) is 57.8 Å². The number of aromatic nitrogens is 2. The number of thioether (sulfide) groups is 1. The van der Waals surface area contributed by atoms with Crippen LogP contribution in [0, 0.1) is 11.6 Å². The number of nitrogens with zero attached hydrogens (tertiary/aromatic N) is 2. The molecule has 0 spiro atoms. The van der Waals surface area contributed by atoms with Crippen molar-refractivity contribution in [3.63, 3.8) is 0 Å². The molecule has 9 heteroatoms. The molecule has 0 bridgehead atoms. The first-order valence-corrected chi connectivity index (χ1v) is 9.05. The molecule has 1 amide bonds.